The van der Waals surface area contributed by atoms with E-state index in [1.807, 2.05) is 48.7 Å². The van der Waals surface area contributed by atoms with Gasteiger partial charge in [-0.1, -0.05) is 35.9 Å². The topological polar surface area (TPSA) is 48.5 Å². The van der Waals surface area contributed by atoms with E-state index in [9.17, 15) is 4.79 Å². The number of carbonyl (C=O) groups excluding carboxylic acids is 1. The molecule has 0 unspecified atom stereocenters. The van der Waals surface area contributed by atoms with Crippen LogP contribution in [0.3, 0.4) is 0 Å². The summed E-state index contributed by atoms with van der Waals surface area (Å²) in [5.74, 6) is 1.00. The average molecular weight is 359 g/mol. The third-order valence-corrected chi connectivity index (χ3v) is 4.88. The van der Waals surface area contributed by atoms with Crippen molar-refractivity contribution in [2.45, 2.75) is 25.4 Å². The fourth-order valence-corrected chi connectivity index (χ4v) is 3.23. The Kier molecular flexibility index (Phi) is 5.76. The number of pyridine rings is 1. The van der Waals surface area contributed by atoms with Crippen molar-refractivity contribution >= 4 is 23.4 Å². The molecule has 1 aliphatic heterocycles. The number of urea groups is 1. The quantitative estimate of drug-likeness (QED) is 0.909. The van der Waals surface area contributed by atoms with Crippen LogP contribution in [0.2, 0.25) is 5.02 Å². The van der Waals surface area contributed by atoms with Crippen LogP contribution in [0.4, 0.5) is 10.6 Å². The number of rotatable bonds is 4. The van der Waals surface area contributed by atoms with Crippen molar-refractivity contribution in [3.8, 4) is 0 Å². The number of hydrogen-bond donors (Lipinski definition) is 1. The highest BCUT2D eigenvalue weighted by Crippen LogP contribution is 2.18. The fourth-order valence-electron chi connectivity index (χ4n) is 3.03. The molecule has 2 amide bonds. The smallest absolute Gasteiger partial charge is 0.317 e. The summed E-state index contributed by atoms with van der Waals surface area (Å²) in [5, 5.41) is 3.81. The highest BCUT2D eigenvalue weighted by molar-refractivity contribution is 6.31. The molecule has 0 bridgehead atoms. The molecule has 1 N–H and O–H groups in total. The van der Waals surface area contributed by atoms with E-state index < -0.39 is 0 Å². The molecule has 132 valence electrons. The summed E-state index contributed by atoms with van der Waals surface area (Å²) in [4.78, 5) is 20.7. The van der Waals surface area contributed by atoms with Crippen molar-refractivity contribution in [1.29, 1.82) is 0 Å². The van der Waals surface area contributed by atoms with Gasteiger partial charge < -0.3 is 15.1 Å². The second-order valence-electron chi connectivity index (χ2n) is 6.35. The van der Waals surface area contributed by atoms with Crippen LogP contribution in [0.15, 0.2) is 48.7 Å². The van der Waals surface area contributed by atoms with E-state index in [1.54, 1.807) is 11.9 Å². The van der Waals surface area contributed by atoms with Crippen molar-refractivity contribution in [2.75, 3.05) is 25.0 Å². The second-order valence-corrected chi connectivity index (χ2v) is 6.75. The lowest BCUT2D eigenvalue weighted by molar-refractivity contribution is 0.200. The second kappa shape index (κ2) is 8.21. The van der Waals surface area contributed by atoms with Crippen molar-refractivity contribution < 1.29 is 4.79 Å². The van der Waals surface area contributed by atoms with Gasteiger partial charge in [-0.15, -0.1) is 0 Å². The summed E-state index contributed by atoms with van der Waals surface area (Å²) in [6.45, 7) is 2.30. The zero-order chi connectivity index (χ0) is 17.6. The lowest BCUT2D eigenvalue weighted by atomic mass is 10.1. The predicted octanol–water partition coefficient (Wildman–Crippen LogP) is 3.55. The van der Waals surface area contributed by atoms with Crippen LogP contribution in [-0.4, -0.2) is 42.1 Å². The summed E-state index contributed by atoms with van der Waals surface area (Å²) in [6.07, 6.45) is 3.65. The fraction of sp³-hybridized carbons (Fsp3) is 0.368. The lowest BCUT2D eigenvalue weighted by Gasteiger charge is -2.34. The Morgan fingerprint density at radius 1 is 1.24 bits per heavy atom. The molecule has 2 heterocycles. The Balaban J connectivity index is 1.48. The molecule has 1 fully saturated rings. The molecule has 6 heteroatoms. The number of benzene rings is 1. The molecule has 2 aromatic rings. The normalized spacial score (nSPS) is 15.0. The number of aromatic nitrogens is 1. The summed E-state index contributed by atoms with van der Waals surface area (Å²) < 4.78 is 0. The highest BCUT2D eigenvalue weighted by atomic mass is 35.5. The molecule has 25 heavy (non-hydrogen) atoms. The van der Waals surface area contributed by atoms with Gasteiger partial charge in [-0.2, -0.15) is 0 Å². The zero-order valence-electron chi connectivity index (χ0n) is 14.4. The summed E-state index contributed by atoms with van der Waals surface area (Å²) in [5.41, 5.74) is 0.951. The van der Waals surface area contributed by atoms with E-state index in [0.717, 1.165) is 37.3 Å². The molecule has 0 saturated carbocycles. The van der Waals surface area contributed by atoms with Gasteiger partial charge in [0.1, 0.15) is 5.82 Å². The first kappa shape index (κ1) is 17.5. The monoisotopic (exact) mass is 358 g/mol. The maximum atomic E-state index is 12.4. The molecule has 3 rings (SSSR count). The third-order valence-electron chi connectivity index (χ3n) is 4.51. The molecule has 0 atom stereocenters. The van der Waals surface area contributed by atoms with E-state index in [2.05, 4.69) is 15.2 Å². The van der Waals surface area contributed by atoms with E-state index >= 15 is 0 Å². The number of nitrogens with zero attached hydrogens (tertiary/aromatic N) is 3. The lowest BCUT2D eigenvalue weighted by Crippen LogP contribution is -2.48. The summed E-state index contributed by atoms with van der Waals surface area (Å²) in [6, 6.07) is 13.7. The average Bonchev–Trinajstić information content (AvgIpc) is 2.65. The van der Waals surface area contributed by atoms with E-state index in [4.69, 9.17) is 11.6 Å². The zero-order valence-corrected chi connectivity index (χ0v) is 15.1. The van der Waals surface area contributed by atoms with Crippen LogP contribution in [0.5, 0.6) is 0 Å². The number of halogens is 1. The maximum Gasteiger partial charge on any atom is 0.317 e. The minimum atomic E-state index is -0.0591. The van der Waals surface area contributed by atoms with Gasteiger partial charge >= 0.3 is 6.03 Å². The Bertz CT molecular complexity index is 702. The van der Waals surface area contributed by atoms with Gasteiger partial charge in [-0.25, -0.2) is 9.78 Å². The van der Waals surface area contributed by atoms with Crippen molar-refractivity contribution in [3.63, 3.8) is 0 Å². The molecule has 1 aromatic carbocycles. The minimum absolute atomic E-state index is 0.0591. The first-order valence-electron chi connectivity index (χ1n) is 8.54. The number of anilines is 1. The van der Waals surface area contributed by atoms with E-state index in [1.165, 1.54) is 0 Å². The number of carbonyl (C=O) groups is 1. The van der Waals surface area contributed by atoms with Crippen LogP contribution < -0.4 is 10.2 Å². The first-order chi connectivity index (χ1) is 12.1. The van der Waals surface area contributed by atoms with Gasteiger partial charge in [0.05, 0.1) is 0 Å². The summed E-state index contributed by atoms with van der Waals surface area (Å²) in [7, 11) is 1.79. The number of piperidine rings is 1. The van der Waals surface area contributed by atoms with Gasteiger partial charge in [0.25, 0.3) is 0 Å². The van der Waals surface area contributed by atoms with Gasteiger partial charge in [0, 0.05) is 43.9 Å². The SMILES string of the molecule is CN(Cc1ccccc1Cl)C(=O)NC1CCN(c2ccccn2)CC1. The number of hydrogen-bond acceptors (Lipinski definition) is 3. The molecule has 0 spiro atoms. The van der Waals surface area contributed by atoms with E-state index in [-0.39, 0.29) is 12.1 Å². The van der Waals surface area contributed by atoms with Gasteiger partial charge in [-0.05, 0) is 36.6 Å². The van der Waals surface area contributed by atoms with Gasteiger partial charge in [0.15, 0.2) is 0 Å². The standard InChI is InChI=1S/C19H23ClN4O/c1-23(14-15-6-2-3-7-17(15)20)19(25)22-16-9-12-24(13-10-16)18-8-4-5-11-21-18/h2-8,11,16H,9-10,12-14H2,1H3,(H,22,25). The Morgan fingerprint density at radius 3 is 2.64 bits per heavy atom. The van der Waals surface area contributed by atoms with Crippen LogP contribution >= 0.6 is 11.6 Å². The molecule has 1 aromatic heterocycles. The highest BCUT2D eigenvalue weighted by Gasteiger charge is 2.22. The van der Waals surface area contributed by atoms with E-state index in [0.29, 0.717) is 11.6 Å². The molecule has 0 aliphatic carbocycles. The molecule has 1 saturated heterocycles. The Hall–Kier alpha value is -2.27. The van der Waals surface area contributed by atoms with Crippen molar-refractivity contribution in [3.05, 3.63) is 59.2 Å². The van der Waals surface area contributed by atoms with Crippen molar-refractivity contribution in [2.24, 2.45) is 0 Å². The van der Waals surface area contributed by atoms with Crippen LogP contribution in [-0.2, 0) is 6.54 Å². The van der Waals surface area contributed by atoms with Crippen molar-refractivity contribution in [1.82, 2.24) is 15.2 Å². The third kappa shape index (κ3) is 4.63. The molecule has 0 radical (unpaired) electrons. The molecular weight excluding hydrogens is 336 g/mol. The van der Waals surface area contributed by atoms with Crippen LogP contribution in [0.1, 0.15) is 18.4 Å². The minimum Gasteiger partial charge on any atom is -0.356 e. The largest absolute Gasteiger partial charge is 0.356 e. The Labute approximate surface area is 153 Å². The van der Waals surface area contributed by atoms with Gasteiger partial charge in [0.2, 0.25) is 0 Å². The number of nitrogens with one attached hydrogen (secondary N) is 1. The van der Waals surface area contributed by atoms with Gasteiger partial charge in [-0.3, -0.25) is 0 Å². The molecule has 5 nitrogen and oxygen atoms in total. The van der Waals surface area contributed by atoms with Crippen LogP contribution in [0.25, 0.3) is 0 Å². The summed E-state index contributed by atoms with van der Waals surface area (Å²) >= 11 is 6.17. The molecular formula is C19H23ClN4O. The maximum absolute atomic E-state index is 12.4. The number of amides is 2. The first-order valence-corrected chi connectivity index (χ1v) is 8.92. The van der Waals surface area contributed by atoms with Crippen LogP contribution in [0, 0.1) is 0 Å². The molecule has 1 aliphatic rings. The Morgan fingerprint density at radius 2 is 1.96 bits per heavy atom. The predicted molar refractivity (Wildman–Crippen MR) is 101 cm³/mol.